The van der Waals surface area contributed by atoms with Gasteiger partial charge in [0.05, 0.1) is 11.2 Å². The molecule has 0 fully saturated rings. The van der Waals surface area contributed by atoms with E-state index < -0.39 is 0 Å². The molecule has 1 heterocycles. The summed E-state index contributed by atoms with van der Waals surface area (Å²) in [6, 6.07) is 7.33. The van der Waals surface area contributed by atoms with Crippen LogP contribution in [0.5, 0.6) is 0 Å². The second kappa shape index (κ2) is 4.45. The van der Waals surface area contributed by atoms with Crippen LogP contribution in [0, 0.1) is 0 Å². The van der Waals surface area contributed by atoms with Crippen molar-refractivity contribution in [1.82, 2.24) is 9.99 Å². The van der Waals surface area contributed by atoms with Crippen molar-refractivity contribution in [3.8, 4) is 0 Å². The normalized spacial score (nSPS) is 11.2. The van der Waals surface area contributed by atoms with Crippen molar-refractivity contribution in [2.24, 2.45) is 10.3 Å². The van der Waals surface area contributed by atoms with Crippen LogP contribution in [-0.4, -0.2) is 24.1 Å². The van der Waals surface area contributed by atoms with Crippen LogP contribution >= 0.6 is 11.6 Å². The predicted molar refractivity (Wildman–Crippen MR) is 65.0 cm³/mol. The first-order chi connectivity index (χ1) is 7.66. The van der Waals surface area contributed by atoms with Crippen LogP contribution in [0.3, 0.4) is 0 Å². The summed E-state index contributed by atoms with van der Waals surface area (Å²) in [7, 11) is 3.64. The minimum atomic E-state index is 0.668. The molecule has 16 heavy (non-hydrogen) atoms. The van der Waals surface area contributed by atoms with Crippen molar-refractivity contribution in [2.75, 3.05) is 14.1 Å². The third-order valence-corrected chi connectivity index (χ3v) is 2.25. The number of halogens is 1. The molecule has 0 unspecified atom stereocenters. The highest BCUT2D eigenvalue weighted by Crippen LogP contribution is 2.27. The Morgan fingerprint density at radius 3 is 2.81 bits per heavy atom. The van der Waals surface area contributed by atoms with Gasteiger partial charge in [-0.1, -0.05) is 16.8 Å². The molecule has 0 aliphatic heterocycles. The zero-order valence-electron chi connectivity index (χ0n) is 9.05. The lowest BCUT2D eigenvalue weighted by molar-refractivity contribution is 0.408. The molecular weight excluding hydrogens is 224 g/mol. The molecular formula is C11H11ClN4. The predicted octanol–water partition coefficient (Wildman–Crippen LogP) is 3.45. The van der Waals surface area contributed by atoms with E-state index in [2.05, 4.69) is 15.3 Å². The van der Waals surface area contributed by atoms with Gasteiger partial charge in [0.25, 0.3) is 0 Å². The standard InChI is InChI=1S/C11H11ClN4/c1-16(2)15-14-11-5-6-13-10-4-3-8(12)7-9(10)11/h3-7H,1-2H3. The van der Waals surface area contributed by atoms with Gasteiger partial charge in [-0.2, -0.15) is 0 Å². The molecule has 2 aromatic rings. The second-order valence-corrected chi connectivity index (χ2v) is 3.96. The van der Waals surface area contributed by atoms with Gasteiger partial charge in [-0.25, -0.2) is 0 Å². The van der Waals surface area contributed by atoms with Gasteiger partial charge in [-0.3, -0.25) is 9.99 Å². The Hall–Kier alpha value is -1.68. The summed E-state index contributed by atoms with van der Waals surface area (Å²) in [5.41, 5.74) is 1.63. The lowest BCUT2D eigenvalue weighted by Gasteiger charge is -2.03. The van der Waals surface area contributed by atoms with E-state index in [1.807, 2.05) is 38.4 Å². The molecule has 0 bridgehead atoms. The van der Waals surface area contributed by atoms with Crippen LogP contribution in [0.25, 0.3) is 10.9 Å². The Bertz CT molecular complexity index is 536. The Labute approximate surface area is 98.5 Å². The molecule has 0 saturated heterocycles. The number of rotatable bonds is 2. The Morgan fingerprint density at radius 2 is 2.06 bits per heavy atom. The molecule has 0 saturated carbocycles. The van der Waals surface area contributed by atoms with E-state index in [0.717, 1.165) is 16.6 Å². The number of nitrogens with zero attached hydrogens (tertiary/aromatic N) is 4. The van der Waals surface area contributed by atoms with Crippen LogP contribution in [0.4, 0.5) is 5.69 Å². The summed E-state index contributed by atoms with van der Waals surface area (Å²) < 4.78 is 0. The molecule has 5 heteroatoms. The fourth-order valence-electron chi connectivity index (χ4n) is 1.33. The first kappa shape index (κ1) is 10.8. The van der Waals surface area contributed by atoms with Crippen molar-refractivity contribution in [2.45, 2.75) is 0 Å². The number of pyridine rings is 1. The monoisotopic (exact) mass is 234 g/mol. The average Bonchev–Trinajstić information content (AvgIpc) is 2.26. The third-order valence-electron chi connectivity index (χ3n) is 2.01. The summed E-state index contributed by atoms with van der Waals surface area (Å²) in [5, 5.41) is 11.3. The largest absolute Gasteiger partial charge is 0.285 e. The molecule has 0 aliphatic rings. The quantitative estimate of drug-likeness (QED) is 0.590. The molecule has 82 valence electrons. The van der Waals surface area contributed by atoms with E-state index in [1.165, 1.54) is 0 Å². The van der Waals surface area contributed by atoms with Gasteiger partial charge in [0, 0.05) is 30.7 Å². The highest BCUT2D eigenvalue weighted by Gasteiger charge is 2.01. The van der Waals surface area contributed by atoms with Crippen LogP contribution in [0.15, 0.2) is 40.8 Å². The maximum Gasteiger partial charge on any atom is 0.0983 e. The SMILES string of the molecule is CN(C)N=Nc1ccnc2ccc(Cl)cc12. The van der Waals surface area contributed by atoms with Crippen molar-refractivity contribution < 1.29 is 0 Å². The topological polar surface area (TPSA) is 40.9 Å². The molecule has 0 aliphatic carbocycles. The summed E-state index contributed by atoms with van der Waals surface area (Å²) in [5.74, 6) is 0. The summed E-state index contributed by atoms with van der Waals surface area (Å²) in [6.07, 6.45) is 1.71. The molecule has 1 aromatic heterocycles. The lowest BCUT2D eigenvalue weighted by Crippen LogP contribution is -1.98. The molecule has 0 atom stereocenters. The van der Waals surface area contributed by atoms with Gasteiger partial charge in [0.1, 0.15) is 0 Å². The number of benzene rings is 1. The maximum atomic E-state index is 5.94. The summed E-state index contributed by atoms with van der Waals surface area (Å²) in [6.45, 7) is 0. The molecule has 0 radical (unpaired) electrons. The van der Waals surface area contributed by atoms with E-state index in [9.17, 15) is 0 Å². The van der Waals surface area contributed by atoms with E-state index >= 15 is 0 Å². The number of fused-ring (bicyclic) bond motifs is 1. The van der Waals surface area contributed by atoms with Gasteiger partial charge >= 0.3 is 0 Å². The molecule has 1 aromatic carbocycles. The molecule has 0 amide bonds. The highest BCUT2D eigenvalue weighted by molar-refractivity contribution is 6.31. The Kier molecular flexibility index (Phi) is 3.01. The van der Waals surface area contributed by atoms with Crippen LogP contribution in [-0.2, 0) is 0 Å². The van der Waals surface area contributed by atoms with Gasteiger partial charge < -0.3 is 0 Å². The van der Waals surface area contributed by atoms with E-state index in [4.69, 9.17) is 11.6 Å². The summed E-state index contributed by atoms with van der Waals surface area (Å²) >= 11 is 5.94. The van der Waals surface area contributed by atoms with E-state index in [0.29, 0.717) is 5.02 Å². The zero-order chi connectivity index (χ0) is 11.5. The first-order valence-corrected chi connectivity index (χ1v) is 5.18. The second-order valence-electron chi connectivity index (χ2n) is 3.53. The van der Waals surface area contributed by atoms with E-state index in [1.54, 1.807) is 11.2 Å². The maximum absolute atomic E-state index is 5.94. The van der Waals surface area contributed by atoms with E-state index in [-0.39, 0.29) is 0 Å². The van der Waals surface area contributed by atoms with Gasteiger partial charge in [0.15, 0.2) is 0 Å². The fraction of sp³-hybridized carbons (Fsp3) is 0.182. The van der Waals surface area contributed by atoms with Crippen LogP contribution in [0.2, 0.25) is 5.02 Å². The van der Waals surface area contributed by atoms with Crippen molar-refractivity contribution in [1.29, 1.82) is 0 Å². The average molecular weight is 235 g/mol. The first-order valence-electron chi connectivity index (χ1n) is 4.80. The molecule has 0 spiro atoms. The van der Waals surface area contributed by atoms with Crippen LogP contribution < -0.4 is 0 Å². The van der Waals surface area contributed by atoms with Crippen molar-refractivity contribution >= 4 is 28.2 Å². The van der Waals surface area contributed by atoms with Crippen molar-refractivity contribution in [3.63, 3.8) is 0 Å². The molecule has 4 nitrogen and oxygen atoms in total. The smallest absolute Gasteiger partial charge is 0.0983 e. The number of aromatic nitrogens is 1. The van der Waals surface area contributed by atoms with Gasteiger partial charge in [0.2, 0.25) is 0 Å². The van der Waals surface area contributed by atoms with Crippen LogP contribution in [0.1, 0.15) is 0 Å². The zero-order valence-corrected chi connectivity index (χ0v) is 9.81. The number of hydrogen-bond donors (Lipinski definition) is 0. The third kappa shape index (κ3) is 2.28. The Balaban J connectivity index is 2.56. The highest BCUT2D eigenvalue weighted by atomic mass is 35.5. The van der Waals surface area contributed by atoms with Gasteiger partial charge in [-0.15, -0.1) is 5.11 Å². The minimum Gasteiger partial charge on any atom is -0.285 e. The lowest BCUT2D eigenvalue weighted by atomic mass is 10.2. The number of hydrogen-bond acceptors (Lipinski definition) is 3. The van der Waals surface area contributed by atoms with Gasteiger partial charge in [-0.05, 0) is 24.3 Å². The fourth-order valence-corrected chi connectivity index (χ4v) is 1.50. The minimum absolute atomic E-state index is 0.668. The molecule has 0 N–H and O–H groups in total. The Morgan fingerprint density at radius 1 is 1.25 bits per heavy atom. The molecule has 2 rings (SSSR count). The summed E-state index contributed by atoms with van der Waals surface area (Å²) in [4.78, 5) is 4.24. The van der Waals surface area contributed by atoms with Crippen molar-refractivity contribution in [3.05, 3.63) is 35.5 Å².